The van der Waals surface area contributed by atoms with Crippen LogP contribution in [0.15, 0.2) is 53.4 Å². The van der Waals surface area contributed by atoms with Gasteiger partial charge < -0.3 is 15.0 Å². The van der Waals surface area contributed by atoms with Crippen LogP contribution >= 0.6 is 0 Å². The molecule has 1 aliphatic heterocycles. The predicted octanol–water partition coefficient (Wildman–Crippen LogP) is 3.01. The number of aromatic nitrogens is 2. The third-order valence-electron chi connectivity index (χ3n) is 6.20. The van der Waals surface area contributed by atoms with Crippen LogP contribution in [0.1, 0.15) is 50.1 Å². The third-order valence-corrected chi connectivity index (χ3v) is 8.10. The van der Waals surface area contributed by atoms with Gasteiger partial charge in [0.1, 0.15) is 5.82 Å². The Morgan fingerprint density at radius 1 is 1.15 bits per heavy atom. The summed E-state index contributed by atoms with van der Waals surface area (Å²) in [6.07, 6.45) is 2.57. The van der Waals surface area contributed by atoms with E-state index in [0.29, 0.717) is 25.0 Å². The van der Waals surface area contributed by atoms with Crippen molar-refractivity contribution in [3.8, 4) is 0 Å². The Morgan fingerprint density at radius 2 is 1.88 bits per heavy atom. The number of aliphatic hydroxyl groups excluding tert-OH is 1. The molecule has 182 valence electrons. The van der Waals surface area contributed by atoms with Crippen molar-refractivity contribution in [1.29, 1.82) is 0 Å². The molecule has 8 nitrogen and oxygen atoms in total. The number of hydrogen-bond donors (Lipinski definition) is 2. The number of carbonyl (C=O) groups is 1. The fraction of sp³-hybridized carbons (Fsp3) is 0.440. The van der Waals surface area contributed by atoms with Crippen molar-refractivity contribution < 1.29 is 18.3 Å². The largest absolute Gasteiger partial charge is 0.387 e. The second kappa shape index (κ2) is 10.7. The highest BCUT2D eigenvalue weighted by Crippen LogP contribution is 2.26. The van der Waals surface area contributed by atoms with Gasteiger partial charge in [-0.3, -0.25) is 4.79 Å². The molecule has 2 aromatic carbocycles. The van der Waals surface area contributed by atoms with Gasteiger partial charge in [-0.15, -0.1) is 0 Å². The average Bonchev–Trinajstić information content (AvgIpc) is 3.51. The van der Waals surface area contributed by atoms with Gasteiger partial charge in [-0.25, -0.2) is 13.4 Å². The van der Waals surface area contributed by atoms with Gasteiger partial charge in [0.25, 0.3) is 0 Å². The lowest BCUT2D eigenvalue weighted by molar-refractivity contribution is -0.121. The van der Waals surface area contributed by atoms with Gasteiger partial charge in [-0.05, 0) is 43.0 Å². The minimum Gasteiger partial charge on any atom is -0.387 e. The highest BCUT2D eigenvalue weighted by atomic mass is 32.2. The number of aryl methyl sites for hydroxylation is 2. The number of sulfonamides is 1. The Morgan fingerprint density at radius 3 is 2.59 bits per heavy atom. The summed E-state index contributed by atoms with van der Waals surface area (Å²) in [6, 6.07) is 14.3. The van der Waals surface area contributed by atoms with Crippen molar-refractivity contribution in [3.05, 3.63) is 59.9 Å². The molecular formula is C25H32N4O4S. The summed E-state index contributed by atoms with van der Waals surface area (Å²) in [5.41, 5.74) is 2.26. The standard InChI is InChI=1S/C25H32N4O4S/c1-2-14-29-22-11-10-20(34(32,33)28-15-6-7-16-28)17-21(22)27-24(29)12-13-25(31)26-18-23(30)19-8-4-3-5-9-19/h3-5,8-11,17,23,30H,2,6-7,12-16,18H2,1H3,(H,26,31). The third kappa shape index (κ3) is 5.32. The molecule has 1 aromatic heterocycles. The number of imidazole rings is 1. The number of rotatable bonds is 10. The van der Waals surface area contributed by atoms with E-state index in [2.05, 4.69) is 16.8 Å². The lowest BCUT2D eigenvalue weighted by atomic mass is 10.1. The van der Waals surface area contributed by atoms with Gasteiger partial charge >= 0.3 is 0 Å². The van der Waals surface area contributed by atoms with Crippen LogP contribution in [0.25, 0.3) is 11.0 Å². The average molecular weight is 485 g/mol. The Balaban J connectivity index is 1.46. The predicted molar refractivity (Wildman–Crippen MR) is 131 cm³/mol. The van der Waals surface area contributed by atoms with E-state index in [-0.39, 0.29) is 23.8 Å². The molecule has 0 saturated carbocycles. The summed E-state index contributed by atoms with van der Waals surface area (Å²) in [7, 11) is -3.51. The van der Waals surface area contributed by atoms with E-state index in [1.54, 1.807) is 12.1 Å². The first kappa shape index (κ1) is 24.4. The summed E-state index contributed by atoms with van der Waals surface area (Å²) in [5.74, 6) is 0.591. The summed E-state index contributed by atoms with van der Waals surface area (Å²) < 4.78 is 29.5. The zero-order valence-electron chi connectivity index (χ0n) is 19.5. The fourth-order valence-electron chi connectivity index (χ4n) is 4.38. The lowest BCUT2D eigenvalue weighted by Crippen LogP contribution is -2.28. The van der Waals surface area contributed by atoms with E-state index in [9.17, 15) is 18.3 Å². The van der Waals surface area contributed by atoms with E-state index in [0.717, 1.165) is 42.7 Å². The fourth-order valence-corrected chi connectivity index (χ4v) is 5.92. The molecule has 0 spiro atoms. The van der Waals surface area contributed by atoms with Crippen LogP contribution < -0.4 is 5.32 Å². The van der Waals surface area contributed by atoms with Gasteiger partial charge in [0.05, 0.1) is 22.0 Å². The molecule has 1 saturated heterocycles. The highest BCUT2D eigenvalue weighted by Gasteiger charge is 2.28. The molecule has 2 heterocycles. The summed E-state index contributed by atoms with van der Waals surface area (Å²) in [4.78, 5) is 17.4. The first-order valence-electron chi connectivity index (χ1n) is 11.9. The van der Waals surface area contributed by atoms with Crippen LogP contribution in [0.2, 0.25) is 0 Å². The molecule has 1 aliphatic rings. The number of benzene rings is 2. The topological polar surface area (TPSA) is 105 Å². The SMILES string of the molecule is CCCn1c(CCC(=O)NCC(O)c2ccccc2)nc2cc(S(=O)(=O)N3CCCC3)ccc21. The molecule has 1 amide bonds. The number of nitrogens with zero attached hydrogens (tertiary/aromatic N) is 3. The van der Waals surface area contributed by atoms with Crippen LogP contribution in [0, 0.1) is 0 Å². The van der Waals surface area contributed by atoms with E-state index >= 15 is 0 Å². The minimum atomic E-state index is -3.51. The number of hydrogen-bond acceptors (Lipinski definition) is 5. The molecule has 1 fully saturated rings. The molecule has 3 aromatic rings. The number of carbonyl (C=O) groups excluding carboxylic acids is 1. The van der Waals surface area contributed by atoms with Crippen molar-refractivity contribution in [3.63, 3.8) is 0 Å². The maximum absolute atomic E-state index is 13.0. The smallest absolute Gasteiger partial charge is 0.243 e. The molecule has 9 heteroatoms. The molecule has 4 rings (SSSR count). The molecule has 0 radical (unpaired) electrons. The molecule has 1 unspecified atom stereocenters. The van der Waals surface area contributed by atoms with Crippen molar-refractivity contribution in [2.45, 2.75) is 56.6 Å². The Kier molecular flexibility index (Phi) is 7.65. The molecule has 1 atom stereocenters. The van der Waals surface area contributed by atoms with Crippen molar-refractivity contribution in [2.24, 2.45) is 0 Å². The maximum Gasteiger partial charge on any atom is 0.243 e. The van der Waals surface area contributed by atoms with Gasteiger partial charge in [0.2, 0.25) is 15.9 Å². The lowest BCUT2D eigenvalue weighted by Gasteiger charge is -2.15. The monoisotopic (exact) mass is 484 g/mol. The van der Waals surface area contributed by atoms with Crippen LogP contribution in [0.5, 0.6) is 0 Å². The number of amides is 1. The van der Waals surface area contributed by atoms with Crippen LogP contribution in [0.3, 0.4) is 0 Å². The second-order valence-electron chi connectivity index (χ2n) is 8.67. The van der Waals surface area contributed by atoms with Crippen molar-refractivity contribution in [1.82, 2.24) is 19.2 Å². The van der Waals surface area contributed by atoms with Gasteiger partial charge in [-0.2, -0.15) is 4.31 Å². The second-order valence-corrected chi connectivity index (χ2v) is 10.6. The number of aliphatic hydroxyl groups is 1. The first-order valence-corrected chi connectivity index (χ1v) is 13.3. The van der Waals surface area contributed by atoms with E-state index in [4.69, 9.17) is 4.98 Å². The van der Waals surface area contributed by atoms with E-state index in [1.165, 1.54) is 4.31 Å². The molecule has 2 N–H and O–H groups in total. The highest BCUT2D eigenvalue weighted by molar-refractivity contribution is 7.89. The van der Waals surface area contributed by atoms with E-state index in [1.807, 2.05) is 36.4 Å². The quantitative estimate of drug-likeness (QED) is 0.460. The molecule has 0 aliphatic carbocycles. The number of nitrogens with one attached hydrogen (secondary N) is 1. The minimum absolute atomic E-state index is 0.145. The zero-order valence-corrected chi connectivity index (χ0v) is 20.3. The Bertz CT molecular complexity index is 1230. The van der Waals surface area contributed by atoms with Crippen LogP contribution in [0.4, 0.5) is 0 Å². The van der Waals surface area contributed by atoms with Crippen molar-refractivity contribution >= 4 is 27.0 Å². The van der Waals surface area contributed by atoms with Gasteiger partial charge in [0, 0.05) is 39.0 Å². The van der Waals surface area contributed by atoms with Gasteiger partial charge in [-0.1, -0.05) is 37.3 Å². The van der Waals surface area contributed by atoms with E-state index < -0.39 is 16.1 Å². The summed E-state index contributed by atoms with van der Waals surface area (Å²) in [5, 5.41) is 13.0. The first-order chi connectivity index (χ1) is 16.4. The van der Waals surface area contributed by atoms with Crippen LogP contribution in [-0.2, 0) is 27.8 Å². The Hall–Kier alpha value is -2.75. The zero-order chi connectivity index (χ0) is 24.1. The Labute approximate surface area is 200 Å². The maximum atomic E-state index is 13.0. The van der Waals surface area contributed by atoms with Crippen LogP contribution in [-0.4, -0.2) is 52.9 Å². The molecule has 0 bridgehead atoms. The van der Waals surface area contributed by atoms with Crippen molar-refractivity contribution in [2.75, 3.05) is 19.6 Å². The molecule has 34 heavy (non-hydrogen) atoms. The number of fused-ring (bicyclic) bond motifs is 1. The summed E-state index contributed by atoms with van der Waals surface area (Å²) in [6.45, 7) is 4.07. The molecular weight excluding hydrogens is 452 g/mol. The normalized spacial score (nSPS) is 15.6. The summed E-state index contributed by atoms with van der Waals surface area (Å²) >= 11 is 0. The van der Waals surface area contributed by atoms with Gasteiger partial charge in [0.15, 0.2) is 0 Å².